The van der Waals surface area contributed by atoms with Crippen molar-refractivity contribution in [2.24, 2.45) is 0 Å². The van der Waals surface area contributed by atoms with Crippen molar-refractivity contribution in [3.63, 3.8) is 0 Å². The normalized spacial score (nSPS) is 10.4. The summed E-state index contributed by atoms with van der Waals surface area (Å²) in [4.78, 5) is 3.86. The first-order valence-electron chi connectivity index (χ1n) is 3.45. The van der Waals surface area contributed by atoms with E-state index in [2.05, 4.69) is 20.9 Å². The van der Waals surface area contributed by atoms with Gasteiger partial charge in [-0.25, -0.2) is 4.98 Å². The van der Waals surface area contributed by atoms with Crippen LogP contribution in [-0.4, -0.2) is 9.38 Å². The van der Waals surface area contributed by atoms with Gasteiger partial charge in [0.25, 0.3) is 0 Å². The second-order valence-corrected chi connectivity index (χ2v) is 3.23. The summed E-state index contributed by atoms with van der Waals surface area (Å²) in [7, 11) is 0. The van der Waals surface area contributed by atoms with Gasteiger partial charge < -0.3 is 0 Å². The van der Waals surface area contributed by atoms with Gasteiger partial charge in [0.15, 0.2) is 0 Å². The number of pyridine rings is 1. The van der Waals surface area contributed by atoms with E-state index in [1.807, 2.05) is 24.4 Å². The van der Waals surface area contributed by atoms with Crippen LogP contribution in [0, 0.1) is 5.41 Å². The topological polar surface area (TPSA) is 41.2 Å². The highest BCUT2D eigenvalue weighted by atomic mass is 79.9. The van der Waals surface area contributed by atoms with Gasteiger partial charge in [0.1, 0.15) is 0 Å². The molecule has 0 aliphatic heterocycles. The molecule has 60 valence electrons. The maximum Gasteiger partial charge on any atom is 0.226 e. The van der Waals surface area contributed by atoms with Gasteiger partial charge in [-0.2, -0.15) is 0 Å². The van der Waals surface area contributed by atoms with Crippen molar-refractivity contribution in [3.05, 3.63) is 40.7 Å². The number of hydrogen-bond acceptors (Lipinski definition) is 2. The maximum atomic E-state index is 7.49. The molecule has 2 aromatic heterocycles. The monoisotopic (exact) mass is 223 g/mol. The van der Waals surface area contributed by atoms with Gasteiger partial charge in [0.05, 0.1) is 5.52 Å². The first-order chi connectivity index (χ1) is 5.79. The van der Waals surface area contributed by atoms with Crippen LogP contribution in [0.4, 0.5) is 0 Å². The van der Waals surface area contributed by atoms with Crippen molar-refractivity contribution in [1.29, 1.82) is 5.41 Å². The third kappa shape index (κ3) is 1.04. The molecule has 0 fully saturated rings. The van der Waals surface area contributed by atoms with Crippen LogP contribution in [0.3, 0.4) is 0 Å². The van der Waals surface area contributed by atoms with E-state index in [-0.39, 0.29) is 5.62 Å². The van der Waals surface area contributed by atoms with E-state index in [0.717, 1.165) is 9.99 Å². The van der Waals surface area contributed by atoms with Crippen molar-refractivity contribution in [1.82, 2.24) is 9.38 Å². The van der Waals surface area contributed by atoms with E-state index in [1.165, 1.54) is 0 Å². The zero-order chi connectivity index (χ0) is 8.55. The van der Waals surface area contributed by atoms with Crippen LogP contribution in [-0.2, 0) is 0 Å². The molecule has 12 heavy (non-hydrogen) atoms. The lowest BCUT2D eigenvalue weighted by atomic mass is 10.4. The summed E-state index contributed by atoms with van der Waals surface area (Å²) in [5.41, 5.74) is 1.20. The Labute approximate surface area is 77.3 Å². The number of aromatic nitrogens is 2. The average Bonchev–Trinajstić information content (AvgIpc) is 2.07. The van der Waals surface area contributed by atoms with Crippen LogP contribution in [0.25, 0.3) is 5.52 Å². The fourth-order valence-electron chi connectivity index (χ4n) is 1.08. The third-order valence-electron chi connectivity index (χ3n) is 1.64. The van der Waals surface area contributed by atoms with Crippen molar-refractivity contribution >= 4 is 21.4 Å². The van der Waals surface area contributed by atoms with Gasteiger partial charge in [0, 0.05) is 16.9 Å². The number of nitrogens with one attached hydrogen (secondary N) is 1. The molecule has 3 nitrogen and oxygen atoms in total. The fraction of sp³-hybridized carbons (Fsp3) is 0. The molecule has 2 aromatic rings. The Kier molecular flexibility index (Phi) is 1.69. The molecule has 0 unspecified atom stereocenters. The minimum Gasteiger partial charge on any atom is -0.285 e. The van der Waals surface area contributed by atoms with Crippen LogP contribution in [0.5, 0.6) is 0 Å². The zero-order valence-corrected chi connectivity index (χ0v) is 7.75. The average molecular weight is 224 g/mol. The molecular formula is C8H6BrN3. The molecule has 0 radical (unpaired) electrons. The van der Waals surface area contributed by atoms with Gasteiger partial charge in [-0.05, 0) is 34.1 Å². The van der Waals surface area contributed by atoms with Gasteiger partial charge >= 0.3 is 0 Å². The third-order valence-corrected chi connectivity index (χ3v) is 2.31. The Hall–Kier alpha value is -1.16. The van der Waals surface area contributed by atoms with E-state index < -0.39 is 0 Å². The molecule has 0 amide bonds. The molecule has 0 spiro atoms. The summed E-state index contributed by atoms with van der Waals surface area (Å²) < 4.78 is 2.69. The molecule has 2 heterocycles. The van der Waals surface area contributed by atoms with Crippen LogP contribution in [0.15, 0.2) is 35.1 Å². The lowest BCUT2D eigenvalue weighted by Crippen LogP contribution is -2.15. The highest BCUT2D eigenvalue weighted by Gasteiger charge is 1.95. The fourth-order valence-corrected chi connectivity index (χ4v) is 1.56. The number of halogens is 1. The predicted molar refractivity (Wildman–Crippen MR) is 48.7 cm³/mol. The summed E-state index contributed by atoms with van der Waals surface area (Å²) in [6, 6.07) is 5.67. The molecule has 0 saturated heterocycles. The van der Waals surface area contributed by atoms with Crippen LogP contribution >= 0.6 is 15.9 Å². The summed E-state index contributed by atoms with van der Waals surface area (Å²) >= 11 is 3.40. The quantitative estimate of drug-likeness (QED) is 0.725. The summed E-state index contributed by atoms with van der Waals surface area (Å²) in [6.07, 6.45) is 3.44. The molecule has 2 rings (SSSR count). The first-order valence-corrected chi connectivity index (χ1v) is 4.25. The number of nitrogens with zero attached hydrogens (tertiary/aromatic N) is 2. The largest absolute Gasteiger partial charge is 0.285 e. The van der Waals surface area contributed by atoms with Gasteiger partial charge in [-0.3, -0.25) is 9.81 Å². The Bertz CT molecular complexity index is 475. The maximum absolute atomic E-state index is 7.49. The molecule has 0 atom stereocenters. The van der Waals surface area contributed by atoms with Crippen molar-refractivity contribution < 1.29 is 0 Å². The first kappa shape index (κ1) is 7.49. The molecule has 1 N–H and O–H groups in total. The minimum absolute atomic E-state index is 0.244. The van der Waals surface area contributed by atoms with Crippen LogP contribution in [0.2, 0.25) is 0 Å². The summed E-state index contributed by atoms with van der Waals surface area (Å²) in [5.74, 6) is 0. The smallest absolute Gasteiger partial charge is 0.226 e. The van der Waals surface area contributed by atoms with Crippen LogP contribution < -0.4 is 5.62 Å². The van der Waals surface area contributed by atoms with E-state index in [9.17, 15) is 0 Å². The second-order valence-electron chi connectivity index (χ2n) is 2.38. The molecule has 4 heteroatoms. The molecule has 0 saturated carbocycles. The molecule has 0 aromatic carbocycles. The Morgan fingerprint density at radius 3 is 3.00 bits per heavy atom. The number of hydrogen-bond donors (Lipinski definition) is 1. The molecule has 0 aliphatic rings. The van der Waals surface area contributed by atoms with Gasteiger partial charge in [0.2, 0.25) is 5.62 Å². The zero-order valence-electron chi connectivity index (χ0n) is 6.16. The predicted octanol–water partition coefficient (Wildman–Crippen LogP) is 1.58. The lowest BCUT2D eigenvalue weighted by Gasteiger charge is -2.00. The molecule has 0 aliphatic carbocycles. The van der Waals surface area contributed by atoms with Crippen LogP contribution in [0.1, 0.15) is 0 Å². The number of fused-ring (bicyclic) bond motifs is 1. The Morgan fingerprint density at radius 1 is 1.42 bits per heavy atom. The van der Waals surface area contributed by atoms with Crippen molar-refractivity contribution in [2.75, 3.05) is 0 Å². The van der Waals surface area contributed by atoms with Crippen molar-refractivity contribution in [3.8, 4) is 0 Å². The summed E-state index contributed by atoms with van der Waals surface area (Å²) in [6.45, 7) is 0. The summed E-state index contributed by atoms with van der Waals surface area (Å²) in [5, 5.41) is 7.49. The number of rotatable bonds is 0. The van der Waals surface area contributed by atoms with E-state index >= 15 is 0 Å². The minimum atomic E-state index is 0.244. The standard InChI is InChI=1S/C8H6BrN3/c9-6-2-1-5-12-7(6)3-4-11-8(12)10/h1-5,10H. The van der Waals surface area contributed by atoms with Gasteiger partial charge in [-0.1, -0.05) is 0 Å². The van der Waals surface area contributed by atoms with E-state index in [1.54, 1.807) is 10.6 Å². The van der Waals surface area contributed by atoms with E-state index in [0.29, 0.717) is 0 Å². The SMILES string of the molecule is N=c1nccc2c(Br)cccn12. The Balaban J connectivity index is 3.05. The highest BCUT2D eigenvalue weighted by molar-refractivity contribution is 9.10. The Morgan fingerprint density at radius 2 is 2.25 bits per heavy atom. The molecular weight excluding hydrogens is 218 g/mol. The molecule has 0 bridgehead atoms. The lowest BCUT2D eigenvalue weighted by molar-refractivity contribution is 0.906. The van der Waals surface area contributed by atoms with Gasteiger partial charge in [-0.15, -0.1) is 0 Å². The van der Waals surface area contributed by atoms with E-state index in [4.69, 9.17) is 5.41 Å². The van der Waals surface area contributed by atoms with Crippen molar-refractivity contribution in [2.45, 2.75) is 0 Å². The second kappa shape index (κ2) is 2.71. The highest BCUT2D eigenvalue weighted by Crippen LogP contribution is 2.14.